The van der Waals surface area contributed by atoms with Crippen LogP contribution in [0.4, 0.5) is 5.95 Å². The zero-order chi connectivity index (χ0) is 27.0. The van der Waals surface area contributed by atoms with Crippen molar-refractivity contribution in [3.63, 3.8) is 0 Å². The van der Waals surface area contributed by atoms with Gasteiger partial charge in [-0.3, -0.25) is 4.79 Å². The van der Waals surface area contributed by atoms with E-state index in [1.54, 1.807) is 6.92 Å². The summed E-state index contributed by atoms with van der Waals surface area (Å²) >= 11 is 6.23. The second kappa shape index (κ2) is 10.6. The fraction of sp³-hybridized carbons (Fsp3) is 0.467. The van der Waals surface area contributed by atoms with Gasteiger partial charge < -0.3 is 4.74 Å². The number of aryl methyl sites for hydroxylation is 1. The Balaban J connectivity index is 1.44. The van der Waals surface area contributed by atoms with Gasteiger partial charge in [-0.05, 0) is 67.3 Å². The van der Waals surface area contributed by atoms with Crippen LogP contribution in [0.5, 0.6) is 0 Å². The van der Waals surface area contributed by atoms with Crippen LogP contribution in [0.15, 0.2) is 58.4 Å². The van der Waals surface area contributed by atoms with Gasteiger partial charge in [0.25, 0.3) is 0 Å². The first-order valence-electron chi connectivity index (χ1n) is 14.0. The van der Waals surface area contributed by atoms with Crippen LogP contribution in [0.3, 0.4) is 0 Å². The highest BCUT2D eigenvalue weighted by Crippen LogP contribution is 2.46. The van der Waals surface area contributed by atoms with E-state index in [0.29, 0.717) is 30.0 Å². The summed E-state index contributed by atoms with van der Waals surface area (Å²) in [5, 5.41) is 12.4. The van der Waals surface area contributed by atoms with E-state index < -0.39 is 5.97 Å². The summed E-state index contributed by atoms with van der Waals surface area (Å²) in [7, 11) is 0. The highest BCUT2D eigenvalue weighted by molar-refractivity contribution is 6.30. The van der Waals surface area contributed by atoms with Gasteiger partial charge in [-0.2, -0.15) is 5.10 Å². The average molecular weight is 548 g/mol. The van der Waals surface area contributed by atoms with Gasteiger partial charge in [-0.25, -0.2) is 19.1 Å². The minimum atomic E-state index is -0.458. The number of aromatic nitrogens is 3. The lowest BCUT2D eigenvalue weighted by atomic mass is 9.75. The van der Waals surface area contributed by atoms with Crippen molar-refractivity contribution in [2.75, 3.05) is 18.2 Å². The van der Waals surface area contributed by atoms with Crippen molar-refractivity contribution < 1.29 is 9.53 Å². The summed E-state index contributed by atoms with van der Waals surface area (Å²) in [5.41, 5.74) is 3.83. The quantitative estimate of drug-likeness (QED) is 0.391. The fourth-order valence-electron chi connectivity index (χ4n) is 6.57. The lowest BCUT2D eigenvalue weighted by Crippen LogP contribution is -2.38. The maximum absolute atomic E-state index is 13.6. The molecule has 2 aliphatic carbocycles. The molecule has 3 aromatic rings. The maximum atomic E-state index is 13.6. The van der Waals surface area contributed by atoms with Crippen LogP contribution in [-0.4, -0.2) is 39.2 Å². The number of halogens is 1. The lowest BCUT2D eigenvalue weighted by molar-refractivity contribution is -0.143. The highest BCUT2D eigenvalue weighted by atomic mass is 35.5. The number of hydrazone groups is 1. The SMILES string of the molecule is CCOC(=O)Cn1c(N2C[C@@]3(CCc4ccccc43)C(c3ccc(Cl)cc3)=N2)nn(CC2CCCCC2)c1=O. The van der Waals surface area contributed by atoms with E-state index in [1.807, 2.05) is 29.3 Å². The minimum Gasteiger partial charge on any atom is -0.465 e. The molecule has 1 saturated carbocycles. The Bertz CT molecular complexity index is 1450. The number of benzene rings is 2. The summed E-state index contributed by atoms with van der Waals surface area (Å²) < 4.78 is 8.19. The van der Waals surface area contributed by atoms with E-state index in [0.717, 1.165) is 37.0 Å². The molecule has 2 heterocycles. The normalized spacial score (nSPS) is 20.9. The summed E-state index contributed by atoms with van der Waals surface area (Å²) in [5.74, 6) is 0.340. The minimum absolute atomic E-state index is 0.196. The molecule has 1 atom stereocenters. The summed E-state index contributed by atoms with van der Waals surface area (Å²) in [6.07, 6.45) is 7.63. The van der Waals surface area contributed by atoms with Crippen molar-refractivity contribution in [3.05, 3.63) is 80.7 Å². The molecule has 6 rings (SSSR count). The average Bonchev–Trinajstić information content (AvgIpc) is 3.61. The molecule has 39 heavy (non-hydrogen) atoms. The largest absolute Gasteiger partial charge is 0.465 e. The predicted molar refractivity (Wildman–Crippen MR) is 151 cm³/mol. The number of ether oxygens (including phenoxy) is 1. The molecule has 0 N–H and O–H groups in total. The van der Waals surface area contributed by atoms with Crippen molar-refractivity contribution in [2.45, 2.75) is 70.4 Å². The van der Waals surface area contributed by atoms with Crippen LogP contribution in [0, 0.1) is 5.92 Å². The first kappa shape index (κ1) is 25.9. The van der Waals surface area contributed by atoms with E-state index in [4.69, 9.17) is 26.5 Å². The van der Waals surface area contributed by atoms with Gasteiger partial charge in [0.1, 0.15) is 6.54 Å². The Kier molecular flexibility index (Phi) is 7.06. The molecule has 0 bridgehead atoms. The van der Waals surface area contributed by atoms with Crippen molar-refractivity contribution >= 4 is 29.2 Å². The number of esters is 1. The molecule has 2 aromatic carbocycles. The van der Waals surface area contributed by atoms with Crippen molar-refractivity contribution in [1.29, 1.82) is 0 Å². The molecule has 1 aromatic heterocycles. The summed E-state index contributed by atoms with van der Waals surface area (Å²) in [4.78, 5) is 26.2. The number of nitrogens with zero attached hydrogens (tertiary/aromatic N) is 5. The molecule has 0 unspecified atom stereocenters. The van der Waals surface area contributed by atoms with E-state index in [2.05, 4.69) is 24.3 Å². The molecule has 0 radical (unpaired) electrons. The monoisotopic (exact) mass is 547 g/mol. The zero-order valence-corrected chi connectivity index (χ0v) is 23.1. The van der Waals surface area contributed by atoms with Crippen LogP contribution in [-0.2, 0) is 34.5 Å². The van der Waals surface area contributed by atoms with Crippen LogP contribution in [0.2, 0.25) is 5.02 Å². The molecule has 1 spiro atoms. The Morgan fingerprint density at radius 1 is 1.10 bits per heavy atom. The second-order valence-corrected chi connectivity index (χ2v) is 11.3. The third-order valence-corrected chi connectivity index (χ3v) is 8.70. The number of hydrogen-bond donors (Lipinski definition) is 0. The molecule has 3 aliphatic rings. The number of fused-ring (bicyclic) bond motifs is 2. The van der Waals surface area contributed by atoms with Crippen molar-refractivity contribution in [3.8, 4) is 0 Å². The molecule has 204 valence electrons. The van der Waals surface area contributed by atoms with Crippen LogP contribution in [0.25, 0.3) is 0 Å². The second-order valence-electron chi connectivity index (χ2n) is 10.9. The van der Waals surface area contributed by atoms with Crippen LogP contribution < -0.4 is 10.7 Å². The van der Waals surface area contributed by atoms with E-state index in [9.17, 15) is 9.59 Å². The summed E-state index contributed by atoms with van der Waals surface area (Å²) in [6.45, 7) is 2.90. The van der Waals surface area contributed by atoms with Gasteiger partial charge in [0.2, 0.25) is 5.95 Å². The first-order chi connectivity index (χ1) is 19.0. The number of carbonyl (C=O) groups excluding carboxylic acids is 1. The molecule has 9 heteroatoms. The maximum Gasteiger partial charge on any atom is 0.347 e. The van der Waals surface area contributed by atoms with E-state index >= 15 is 0 Å². The van der Waals surface area contributed by atoms with E-state index in [1.165, 1.54) is 39.6 Å². The van der Waals surface area contributed by atoms with Crippen LogP contribution >= 0.6 is 11.6 Å². The van der Waals surface area contributed by atoms with Gasteiger partial charge in [-0.1, -0.05) is 67.3 Å². The molecule has 1 fully saturated rings. The number of rotatable bonds is 7. The molecule has 8 nitrogen and oxygen atoms in total. The third kappa shape index (κ3) is 4.80. The smallest absolute Gasteiger partial charge is 0.347 e. The number of hydrogen-bond acceptors (Lipinski definition) is 6. The van der Waals surface area contributed by atoms with Gasteiger partial charge in [0, 0.05) is 11.6 Å². The van der Waals surface area contributed by atoms with Gasteiger partial charge in [-0.15, -0.1) is 5.10 Å². The molecular formula is C30H34ClN5O3. The fourth-order valence-corrected chi connectivity index (χ4v) is 6.69. The van der Waals surface area contributed by atoms with Crippen molar-refractivity contribution in [1.82, 2.24) is 14.3 Å². The predicted octanol–water partition coefficient (Wildman–Crippen LogP) is 4.95. The van der Waals surface area contributed by atoms with Gasteiger partial charge in [0.05, 0.1) is 24.3 Å². The Hall–Kier alpha value is -3.39. The molecule has 0 saturated heterocycles. The van der Waals surface area contributed by atoms with Gasteiger partial charge in [0.15, 0.2) is 0 Å². The first-order valence-corrected chi connectivity index (χ1v) is 14.4. The molecule has 0 amide bonds. The summed E-state index contributed by atoms with van der Waals surface area (Å²) in [6, 6.07) is 16.3. The standard InChI is InChI=1S/C30H34ClN5O3/c1-2-39-26(37)19-34-28(33-35(29(34)38)18-21-8-4-3-5-9-21)36-20-30(17-16-22-10-6-7-11-25(22)30)27(32-36)23-12-14-24(31)15-13-23/h6-7,10-15,21H,2-5,8-9,16-20H2,1H3/t30-/m1/s1. The number of anilines is 1. The Morgan fingerprint density at radius 2 is 1.87 bits per heavy atom. The zero-order valence-electron chi connectivity index (χ0n) is 22.3. The van der Waals surface area contributed by atoms with Crippen molar-refractivity contribution in [2.24, 2.45) is 11.0 Å². The molecule has 1 aliphatic heterocycles. The van der Waals surface area contributed by atoms with E-state index in [-0.39, 0.29) is 24.3 Å². The Morgan fingerprint density at radius 3 is 2.64 bits per heavy atom. The van der Waals surface area contributed by atoms with Gasteiger partial charge >= 0.3 is 11.7 Å². The third-order valence-electron chi connectivity index (χ3n) is 8.45. The molecular weight excluding hydrogens is 514 g/mol. The number of carbonyl (C=O) groups is 1. The van der Waals surface area contributed by atoms with Crippen LogP contribution in [0.1, 0.15) is 62.1 Å². The lowest BCUT2D eigenvalue weighted by Gasteiger charge is -2.27. The highest BCUT2D eigenvalue weighted by Gasteiger charge is 2.50. The topological polar surface area (TPSA) is 81.7 Å². The Labute approximate surface area is 233 Å².